The van der Waals surface area contributed by atoms with Crippen molar-refractivity contribution in [3.63, 3.8) is 0 Å². The van der Waals surface area contributed by atoms with E-state index in [2.05, 4.69) is 26.0 Å². The second kappa shape index (κ2) is 4.94. The molecule has 1 aromatic rings. The molecule has 0 aliphatic rings. The normalized spacial score (nSPS) is 10.2. The minimum absolute atomic E-state index is 0.277. The fourth-order valence-electron chi connectivity index (χ4n) is 1.78. The van der Waals surface area contributed by atoms with Gasteiger partial charge >= 0.3 is 0 Å². The van der Waals surface area contributed by atoms with Crippen molar-refractivity contribution in [3.8, 4) is 0 Å². The lowest BCUT2D eigenvalue weighted by atomic mass is 9.93. The van der Waals surface area contributed by atoms with Crippen molar-refractivity contribution < 1.29 is 4.79 Å². The van der Waals surface area contributed by atoms with Crippen molar-refractivity contribution >= 4 is 5.78 Å². The van der Waals surface area contributed by atoms with Gasteiger partial charge in [-0.1, -0.05) is 39.0 Å². The van der Waals surface area contributed by atoms with Gasteiger partial charge in [-0.2, -0.15) is 0 Å². The molecule has 1 rings (SSSR count). The van der Waals surface area contributed by atoms with Crippen LogP contribution in [0, 0.1) is 0 Å². The molecule has 0 N–H and O–H groups in total. The van der Waals surface area contributed by atoms with Gasteiger partial charge in [-0.3, -0.25) is 4.79 Å². The number of hydrogen-bond donors (Lipinski definition) is 0. The number of carbonyl (C=O) groups excluding carboxylic acids is 1. The molecule has 14 heavy (non-hydrogen) atoms. The summed E-state index contributed by atoms with van der Waals surface area (Å²) >= 11 is 0. The van der Waals surface area contributed by atoms with Crippen molar-refractivity contribution in [2.45, 2.75) is 40.0 Å². The van der Waals surface area contributed by atoms with Gasteiger partial charge in [0.05, 0.1) is 0 Å². The maximum Gasteiger partial charge on any atom is 0.163 e. The van der Waals surface area contributed by atoms with Gasteiger partial charge in [-0.05, 0) is 24.0 Å². The van der Waals surface area contributed by atoms with E-state index >= 15 is 0 Å². The van der Waals surface area contributed by atoms with E-state index in [0.717, 1.165) is 18.4 Å². The molecule has 0 bridgehead atoms. The Kier molecular flexibility index (Phi) is 3.87. The van der Waals surface area contributed by atoms with E-state index in [1.807, 2.05) is 13.0 Å². The van der Waals surface area contributed by atoms with E-state index in [9.17, 15) is 4.79 Å². The molecule has 1 heteroatoms. The SMILES string of the molecule is CCC(=O)c1c(CC)cccc1CC. The summed E-state index contributed by atoms with van der Waals surface area (Å²) in [6.45, 7) is 6.12. The van der Waals surface area contributed by atoms with Crippen molar-refractivity contribution in [3.05, 3.63) is 34.9 Å². The number of hydrogen-bond acceptors (Lipinski definition) is 1. The monoisotopic (exact) mass is 190 g/mol. The zero-order valence-electron chi connectivity index (χ0n) is 9.26. The summed E-state index contributed by atoms with van der Waals surface area (Å²) in [4.78, 5) is 11.8. The molecule has 0 radical (unpaired) electrons. The van der Waals surface area contributed by atoms with E-state index in [-0.39, 0.29) is 5.78 Å². The summed E-state index contributed by atoms with van der Waals surface area (Å²) in [5.41, 5.74) is 3.35. The Morgan fingerprint density at radius 1 is 1.07 bits per heavy atom. The summed E-state index contributed by atoms with van der Waals surface area (Å²) in [6.07, 6.45) is 2.48. The van der Waals surface area contributed by atoms with Gasteiger partial charge in [0.25, 0.3) is 0 Å². The van der Waals surface area contributed by atoms with Crippen LogP contribution < -0.4 is 0 Å². The quantitative estimate of drug-likeness (QED) is 0.665. The first-order valence-corrected chi connectivity index (χ1v) is 5.38. The average Bonchev–Trinajstić information content (AvgIpc) is 2.26. The first kappa shape index (κ1) is 11.0. The number of rotatable bonds is 4. The Morgan fingerprint density at radius 2 is 1.57 bits per heavy atom. The predicted molar refractivity (Wildman–Crippen MR) is 59.8 cm³/mol. The molecular formula is C13H18O. The van der Waals surface area contributed by atoms with Crippen molar-refractivity contribution in [2.75, 3.05) is 0 Å². The highest BCUT2D eigenvalue weighted by molar-refractivity contribution is 5.98. The highest BCUT2D eigenvalue weighted by atomic mass is 16.1. The molecule has 1 nitrogen and oxygen atoms in total. The van der Waals surface area contributed by atoms with E-state index in [4.69, 9.17) is 0 Å². The van der Waals surface area contributed by atoms with E-state index in [1.54, 1.807) is 0 Å². The van der Waals surface area contributed by atoms with Crippen LogP contribution in [-0.4, -0.2) is 5.78 Å². The largest absolute Gasteiger partial charge is 0.294 e. The number of ketones is 1. The standard InChI is InChI=1S/C13H18O/c1-4-10-8-7-9-11(5-2)13(10)12(14)6-3/h7-9H,4-6H2,1-3H3. The minimum atomic E-state index is 0.277. The zero-order valence-corrected chi connectivity index (χ0v) is 9.26. The van der Waals surface area contributed by atoms with Gasteiger partial charge < -0.3 is 0 Å². The second-order valence-electron chi connectivity index (χ2n) is 3.44. The molecular weight excluding hydrogens is 172 g/mol. The van der Waals surface area contributed by atoms with Gasteiger partial charge in [0.1, 0.15) is 0 Å². The van der Waals surface area contributed by atoms with Crippen molar-refractivity contribution in [1.82, 2.24) is 0 Å². The Hall–Kier alpha value is -1.11. The lowest BCUT2D eigenvalue weighted by molar-refractivity contribution is 0.0986. The van der Waals surface area contributed by atoms with Crippen LogP contribution in [-0.2, 0) is 12.8 Å². The van der Waals surface area contributed by atoms with Gasteiger partial charge in [0.2, 0.25) is 0 Å². The van der Waals surface area contributed by atoms with E-state index < -0.39 is 0 Å². The highest BCUT2D eigenvalue weighted by Gasteiger charge is 2.11. The van der Waals surface area contributed by atoms with Gasteiger partial charge in [0.15, 0.2) is 5.78 Å². The summed E-state index contributed by atoms with van der Waals surface area (Å²) in [6, 6.07) is 6.16. The van der Waals surface area contributed by atoms with Crippen LogP contribution in [0.2, 0.25) is 0 Å². The minimum Gasteiger partial charge on any atom is -0.294 e. The summed E-state index contributed by atoms with van der Waals surface area (Å²) in [5.74, 6) is 0.277. The molecule has 0 heterocycles. The van der Waals surface area contributed by atoms with Crippen LogP contribution in [0.3, 0.4) is 0 Å². The molecule has 0 aliphatic carbocycles. The maximum atomic E-state index is 11.8. The molecule has 76 valence electrons. The van der Waals surface area contributed by atoms with Gasteiger partial charge in [-0.25, -0.2) is 0 Å². The third kappa shape index (κ3) is 2.03. The fourth-order valence-corrected chi connectivity index (χ4v) is 1.78. The molecule has 0 saturated carbocycles. The summed E-state index contributed by atoms with van der Waals surface area (Å²) in [7, 11) is 0. The Labute approximate surface area is 86.1 Å². The first-order valence-electron chi connectivity index (χ1n) is 5.38. The van der Waals surface area contributed by atoms with Gasteiger partial charge in [-0.15, -0.1) is 0 Å². The molecule has 0 aromatic heterocycles. The molecule has 0 aliphatic heterocycles. The Morgan fingerprint density at radius 3 is 1.93 bits per heavy atom. The lowest BCUT2D eigenvalue weighted by Gasteiger charge is -2.10. The third-order valence-electron chi connectivity index (χ3n) is 2.60. The Balaban J connectivity index is 3.25. The highest BCUT2D eigenvalue weighted by Crippen LogP contribution is 2.18. The van der Waals surface area contributed by atoms with Crippen LogP contribution in [0.1, 0.15) is 48.7 Å². The lowest BCUT2D eigenvalue weighted by Crippen LogP contribution is -2.06. The zero-order chi connectivity index (χ0) is 10.6. The topological polar surface area (TPSA) is 17.1 Å². The van der Waals surface area contributed by atoms with Crippen LogP contribution in [0.4, 0.5) is 0 Å². The molecule has 0 fully saturated rings. The molecule has 0 unspecified atom stereocenters. The number of benzene rings is 1. The summed E-state index contributed by atoms with van der Waals surface area (Å²) < 4.78 is 0. The first-order chi connectivity index (χ1) is 6.74. The van der Waals surface area contributed by atoms with Crippen LogP contribution in [0.5, 0.6) is 0 Å². The maximum absolute atomic E-state index is 11.8. The third-order valence-corrected chi connectivity index (χ3v) is 2.60. The molecule has 1 aromatic carbocycles. The summed E-state index contributed by atoms with van der Waals surface area (Å²) in [5, 5.41) is 0. The van der Waals surface area contributed by atoms with Crippen molar-refractivity contribution in [2.24, 2.45) is 0 Å². The molecule has 0 amide bonds. The van der Waals surface area contributed by atoms with Crippen LogP contribution in [0.15, 0.2) is 18.2 Å². The Bertz CT molecular complexity index is 304. The molecule has 0 saturated heterocycles. The molecule has 0 spiro atoms. The van der Waals surface area contributed by atoms with Crippen LogP contribution in [0.25, 0.3) is 0 Å². The average molecular weight is 190 g/mol. The second-order valence-corrected chi connectivity index (χ2v) is 3.44. The van der Waals surface area contributed by atoms with E-state index in [0.29, 0.717) is 6.42 Å². The molecule has 0 atom stereocenters. The van der Waals surface area contributed by atoms with E-state index in [1.165, 1.54) is 11.1 Å². The van der Waals surface area contributed by atoms with Crippen molar-refractivity contribution in [1.29, 1.82) is 0 Å². The smallest absolute Gasteiger partial charge is 0.163 e. The number of carbonyl (C=O) groups is 1. The number of aryl methyl sites for hydroxylation is 2. The predicted octanol–water partition coefficient (Wildman–Crippen LogP) is 3.40. The van der Waals surface area contributed by atoms with Crippen LogP contribution >= 0.6 is 0 Å². The van der Waals surface area contributed by atoms with Gasteiger partial charge in [0, 0.05) is 12.0 Å². The fraction of sp³-hybridized carbons (Fsp3) is 0.462. The number of Topliss-reactive ketones (excluding diaryl/α,β-unsaturated/α-hetero) is 1.